The minimum absolute atomic E-state index is 0. The lowest BCUT2D eigenvalue weighted by atomic mass is 9.85. The summed E-state index contributed by atoms with van der Waals surface area (Å²) in [6, 6.07) is 9.46. The summed E-state index contributed by atoms with van der Waals surface area (Å²) in [7, 11) is 0. The molecule has 0 amide bonds. The van der Waals surface area contributed by atoms with Crippen molar-refractivity contribution in [1.82, 2.24) is 10.2 Å². The zero-order valence-corrected chi connectivity index (χ0v) is 15.9. The summed E-state index contributed by atoms with van der Waals surface area (Å²) in [5.74, 6) is 0.725. The van der Waals surface area contributed by atoms with Gasteiger partial charge in [-0.3, -0.25) is 4.90 Å². The summed E-state index contributed by atoms with van der Waals surface area (Å²) in [6.07, 6.45) is 2.37. The molecule has 1 atom stereocenters. The van der Waals surface area contributed by atoms with Crippen molar-refractivity contribution in [2.45, 2.75) is 18.9 Å². The van der Waals surface area contributed by atoms with Crippen LogP contribution >= 0.6 is 40.7 Å². The topological polar surface area (TPSA) is 24.5 Å². The van der Waals surface area contributed by atoms with Crippen molar-refractivity contribution in [3.8, 4) is 0 Å². The van der Waals surface area contributed by atoms with Crippen LogP contribution in [0.1, 0.15) is 24.4 Å². The molecule has 0 aliphatic carbocycles. The molecule has 0 aromatic heterocycles. The Morgan fingerprint density at radius 2 is 1.64 bits per heavy atom. The van der Waals surface area contributed by atoms with Gasteiger partial charge in [-0.25, -0.2) is 0 Å². The van der Waals surface area contributed by atoms with Crippen LogP contribution < -0.4 is 5.32 Å². The van der Waals surface area contributed by atoms with Crippen LogP contribution in [0.5, 0.6) is 0 Å². The Morgan fingerprint density at radius 3 is 2.23 bits per heavy atom. The van der Waals surface area contributed by atoms with E-state index in [0.717, 1.165) is 49.8 Å². The fourth-order valence-corrected chi connectivity index (χ4v) is 3.70. The Labute approximate surface area is 154 Å². The van der Waals surface area contributed by atoms with Crippen LogP contribution in [0.25, 0.3) is 0 Å². The molecule has 1 aromatic rings. The summed E-state index contributed by atoms with van der Waals surface area (Å²) < 4.78 is 6.71. The number of nitrogens with zero attached hydrogens (tertiary/aromatic N) is 1. The van der Waals surface area contributed by atoms with Gasteiger partial charge in [0, 0.05) is 49.9 Å². The van der Waals surface area contributed by atoms with Crippen LogP contribution in [0.15, 0.2) is 28.7 Å². The SMILES string of the molecule is Brc1ccc([C@H](C2CCOCC2)N2CCNCC2)cc1.Cl.Cl. The highest BCUT2D eigenvalue weighted by molar-refractivity contribution is 9.10. The fourth-order valence-electron chi connectivity index (χ4n) is 3.43. The van der Waals surface area contributed by atoms with Crippen LogP contribution in [0.4, 0.5) is 0 Å². The molecule has 0 bridgehead atoms. The van der Waals surface area contributed by atoms with Gasteiger partial charge in [0.25, 0.3) is 0 Å². The van der Waals surface area contributed by atoms with Gasteiger partial charge in [-0.05, 0) is 36.5 Å². The maximum absolute atomic E-state index is 5.55. The summed E-state index contributed by atoms with van der Waals surface area (Å²) in [5.41, 5.74) is 1.46. The smallest absolute Gasteiger partial charge is 0.0469 e. The first-order chi connectivity index (χ1) is 9.84. The molecule has 0 radical (unpaired) electrons. The number of hydrogen-bond donors (Lipinski definition) is 1. The molecular formula is C16H25BrCl2N2O. The van der Waals surface area contributed by atoms with Crippen LogP contribution in [0, 0.1) is 5.92 Å². The largest absolute Gasteiger partial charge is 0.381 e. The van der Waals surface area contributed by atoms with E-state index in [1.807, 2.05) is 0 Å². The molecule has 1 N–H and O–H groups in total. The molecule has 6 heteroatoms. The third kappa shape index (κ3) is 5.08. The summed E-state index contributed by atoms with van der Waals surface area (Å²) in [4.78, 5) is 2.66. The van der Waals surface area contributed by atoms with Crippen LogP contribution in [0.3, 0.4) is 0 Å². The number of piperazine rings is 1. The summed E-state index contributed by atoms with van der Waals surface area (Å²) >= 11 is 3.54. The lowest BCUT2D eigenvalue weighted by Crippen LogP contribution is -2.47. The van der Waals surface area contributed by atoms with Crippen LogP contribution in [-0.2, 0) is 4.74 Å². The van der Waals surface area contributed by atoms with Gasteiger partial charge in [-0.1, -0.05) is 28.1 Å². The molecule has 2 heterocycles. The third-order valence-corrected chi connectivity index (χ3v) is 5.00. The van der Waals surface area contributed by atoms with Gasteiger partial charge >= 0.3 is 0 Å². The highest BCUT2D eigenvalue weighted by atomic mass is 79.9. The Morgan fingerprint density at radius 1 is 1.05 bits per heavy atom. The Kier molecular flexibility index (Phi) is 9.29. The second-order valence-electron chi connectivity index (χ2n) is 5.73. The molecule has 3 nitrogen and oxygen atoms in total. The first kappa shape index (κ1) is 20.2. The zero-order valence-electron chi connectivity index (χ0n) is 12.7. The molecule has 0 spiro atoms. The van der Waals surface area contributed by atoms with Gasteiger partial charge < -0.3 is 10.1 Å². The van der Waals surface area contributed by atoms with E-state index in [2.05, 4.69) is 50.4 Å². The first-order valence-corrected chi connectivity index (χ1v) is 8.42. The molecule has 3 rings (SSSR count). The van der Waals surface area contributed by atoms with Crippen molar-refractivity contribution >= 4 is 40.7 Å². The third-order valence-electron chi connectivity index (χ3n) is 4.47. The number of nitrogens with one attached hydrogen (secondary N) is 1. The predicted molar refractivity (Wildman–Crippen MR) is 99.4 cm³/mol. The molecule has 2 aliphatic heterocycles. The van der Waals surface area contributed by atoms with Gasteiger partial charge in [-0.2, -0.15) is 0 Å². The number of ether oxygens (including phenoxy) is 1. The van der Waals surface area contributed by atoms with Gasteiger partial charge in [0.05, 0.1) is 0 Å². The minimum Gasteiger partial charge on any atom is -0.381 e. The van der Waals surface area contributed by atoms with Crippen molar-refractivity contribution in [3.05, 3.63) is 34.3 Å². The van der Waals surface area contributed by atoms with E-state index in [1.165, 1.54) is 18.4 Å². The van der Waals surface area contributed by atoms with Crippen molar-refractivity contribution in [3.63, 3.8) is 0 Å². The van der Waals surface area contributed by atoms with Crippen molar-refractivity contribution in [2.24, 2.45) is 5.92 Å². The second-order valence-corrected chi connectivity index (χ2v) is 6.65. The lowest BCUT2D eigenvalue weighted by Gasteiger charge is -2.41. The van der Waals surface area contributed by atoms with E-state index >= 15 is 0 Å². The van der Waals surface area contributed by atoms with Gasteiger partial charge in [-0.15, -0.1) is 24.8 Å². The molecule has 22 heavy (non-hydrogen) atoms. The second kappa shape index (κ2) is 10.1. The summed E-state index contributed by atoms with van der Waals surface area (Å²) in [6.45, 7) is 6.36. The van der Waals surface area contributed by atoms with Gasteiger partial charge in [0.2, 0.25) is 0 Å². The monoisotopic (exact) mass is 410 g/mol. The van der Waals surface area contributed by atoms with E-state index in [1.54, 1.807) is 0 Å². The predicted octanol–water partition coefficient (Wildman–Crippen LogP) is 3.67. The average molecular weight is 412 g/mol. The van der Waals surface area contributed by atoms with Crippen LogP contribution in [-0.4, -0.2) is 44.3 Å². The summed E-state index contributed by atoms with van der Waals surface area (Å²) in [5, 5.41) is 3.46. The average Bonchev–Trinajstić information content (AvgIpc) is 2.52. The Bertz CT molecular complexity index is 403. The molecule has 1 aromatic carbocycles. The van der Waals surface area contributed by atoms with E-state index in [9.17, 15) is 0 Å². The number of hydrogen-bond acceptors (Lipinski definition) is 3. The highest BCUT2D eigenvalue weighted by Gasteiger charge is 2.31. The maximum atomic E-state index is 5.55. The normalized spacial score (nSPS) is 21.5. The molecule has 0 saturated carbocycles. The van der Waals surface area contributed by atoms with E-state index in [4.69, 9.17) is 4.74 Å². The number of benzene rings is 1. The molecule has 2 aliphatic rings. The fraction of sp³-hybridized carbons (Fsp3) is 0.625. The number of halogens is 3. The zero-order chi connectivity index (χ0) is 13.8. The molecule has 2 saturated heterocycles. The van der Waals surface area contributed by atoms with Gasteiger partial charge in [0.1, 0.15) is 0 Å². The van der Waals surface area contributed by atoms with Gasteiger partial charge in [0.15, 0.2) is 0 Å². The van der Waals surface area contributed by atoms with Crippen LogP contribution in [0.2, 0.25) is 0 Å². The highest BCUT2D eigenvalue weighted by Crippen LogP contribution is 2.35. The molecule has 2 fully saturated rings. The standard InChI is InChI=1S/C16H23BrN2O.2ClH/c17-15-3-1-13(2-4-15)16(14-5-11-20-12-6-14)19-9-7-18-8-10-19;;/h1-4,14,16,18H,5-12H2;2*1H/t16-;;/m1../s1. The molecule has 126 valence electrons. The Balaban J connectivity index is 0.00000121. The molecular weight excluding hydrogens is 387 g/mol. The molecule has 0 unspecified atom stereocenters. The van der Waals surface area contributed by atoms with Crippen molar-refractivity contribution < 1.29 is 4.74 Å². The minimum atomic E-state index is 0. The quantitative estimate of drug-likeness (QED) is 0.821. The maximum Gasteiger partial charge on any atom is 0.0469 e. The van der Waals surface area contributed by atoms with Crippen molar-refractivity contribution in [1.29, 1.82) is 0 Å². The van der Waals surface area contributed by atoms with E-state index < -0.39 is 0 Å². The first-order valence-electron chi connectivity index (χ1n) is 7.62. The lowest BCUT2D eigenvalue weighted by molar-refractivity contribution is 0.0213. The van der Waals surface area contributed by atoms with E-state index in [0.29, 0.717) is 6.04 Å². The van der Waals surface area contributed by atoms with E-state index in [-0.39, 0.29) is 24.8 Å². The Hall–Kier alpha value is 0.160. The van der Waals surface area contributed by atoms with Crippen molar-refractivity contribution in [2.75, 3.05) is 39.4 Å². The number of rotatable bonds is 3.